The Labute approximate surface area is 173 Å². The van der Waals surface area contributed by atoms with Gasteiger partial charge in [0.1, 0.15) is 6.54 Å². The number of benzene rings is 1. The Kier molecular flexibility index (Phi) is 4.82. The van der Waals surface area contributed by atoms with Gasteiger partial charge >= 0.3 is 0 Å². The summed E-state index contributed by atoms with van der Waals surface area (Å²) in [6, 6.07) is 6.84. The smallest absolute Gasteiger partial charge is 0.253 e. The number of anilines is 1. The number of nitrogens with zero attached hydrogens (tertiary/aromatic N) is 5. The van der Waals surface area contributed by atoms with Gasteiger partial charge in [-0.25, -0.2) is 0 Å². The SMILES string of the molecule is CC(=O)N1CC(=O)N(c2cnn(C)c2)C[C@@]12CCN(C(=O)c1cccc(Cl)c1)C2. The van der Waals surface area contributed by atoms with Crippen LogP contribution in [0.3, 0.4) is 0 Å². The zero-order chi connectivity index (χ0) is 20.8. The average molecular weight is 416 g/mol. The summed E-state index contributed by atoms with van der Waals surface area (Å²) in [5.41, 5.74) is 0.587. The summed E-state index contributed by atoms with van der Waals surface area (Å²) in [7, 11) is 1.79. The van der Waals surface area contributed by atoms with Gasteiger partial charge in [-0.05, 0) is 24.6 Å². The monoisotopic (exact) mass is 415 g/mol. The molecule has 0 saturated carbocycles. The van der Waals surface area contributed by atoms with E-state index in [1.807, 2.05) is 0 Å². The molecule has 8 nitrogen and oxygen atoms in total. The molecule has 2 aliphatic heterocycles. The third-order valence-corrected chi connectivity index (χ3v) is 5.93. The van der Waals surface area contributed by atoms with Crippen molar-refractivity contribution >= 4 is 35.0 Å². The van der Waals surface area contributed by atoms with Crippen LogP contribution in [0.2, 0.25) is 5.02 Å². The predicted molar refractivity (Wildman–Crippen MR) is 108 cm³/mol. The van der Waals surface area contributed by atoms with Gasteiger partial charge in [-0.1, -0.05) is 17.7 Å². The minimum Gasteiger partial charge on any atom is -0.336 e. The van der Waals surface area contributed by atoms with Crippen LogP contribution >= 0.6 is 11.6 Å². The van der Waals surface area contributed by atoms with Crippen molar-refractivity contribution in [3.05, 3.63) is 47.2 Å². The van der Waals surface area contributed by atoms with Gasteiger partial charge in [0.25, 0.3) is 5.91 Å². The highest BCUT2D eigenvalue weighted by Crippen LogP contribution is 2.35. The van der Waals surface area contributed by atoms with E-state index in [1.54, 1.807) is 63.1 Å². The lowest BCUT2D eigenvalue weighted by atomic mass is 9.92. The second kappa shape index (κ2) is 7.18. The van der Waals surface area contributed by atoms with E-state index in [1.165, 1.54) is 6.92 Å². The fourth-order valence-corrected chi connectivity index (χ4v) is 4.46. The van der Waals surface area contributed by atoms with Gasteiger partial charge < -0.3 is 14.7 Å². The molecule has 3 amide bonds. The Hall–Kier alpha value is -2.87. The van der Waals surface area contributed by atoms with Gasteiger partial charge in [-0.15, -0.1) is 0 Å². The van der Waals surface area contributed by atoms with Gasteiger partial charge in [-0.3, -0.25) is 19.1 Å². The molecule has 1 spiro atoms. The number of amides is 3. The third kappa shape index (κ3) is 3.48. The first kappa shape index (κ1) is 19.4. The van der Waals surface area contributed by atoms with E-state index in [2.05, 4.69) is 5.10 Å². The molecule has 0 unspecified atom stereocenters. The van der Waals surface area contributed by atoms with Crippen molar-refractivity contribution in [2.75, 3.05) is 31.1 Å². The fourth-order valence-electron chi connectivity index (χ4n) is 4.27. The molecule has 1 aromatic heterocycles. The predicted octanol–water partition coefficient (Wildman–Crippen LogP) is 1.55. The summed E-state index contributed by atoms with van der Waals surface area (Å²) < 4.78 is 1.64. The first-order valence-electron chi connectivity index (χ1n) is 9.41. The maximum atomic E-state index is 13.0. The lowest BCUT2D eigenvalue weighted by molar-refractivity contribution is -0.142. The molecule has 0 radical (unpaired) electrons. The number of carbonyl (C=O) groups is 3. The van der Waals surface area contributed by atoms with Crippen molar-refractivity contribution in [1.29, 1.82) is 0 Å². The van der Waals surface area contributed by atoms with Crippen molar-refractivity contribution in [2.45, 2.75) is 18.9 Å². The molecule has 2 aromatic rings. The van der Waals surface area contributed by atoms with E-state index in [-0.39, 0.29) is 24.3 Å². The van der Waals surface area contributed by atoms with Crippen molar-refractivity contribution in [3.8, 4) is 0 Å². The standard InChI is InChI=1S/C20H22ClN5O3/c1-14(27)26-11-18(28)25(17-9-22-23(2)10-17)13-20(26)6-7-24(12-20)19(29)15-4-3-5-16(21)8-15/h3-5,8-10H,6-7,11-13H2,1-2H3/t20-/m0/s1. The number of likely N-dealkylation sites (tertiary alicyclic amines) is 1. The molecule has 152 valence electrons. The van der Waals surface area contributed by atoms with Crippen LogP contribution in [0.25, 0.3) is 0 Å². The fraction of sp³-hybridized carbons (Fsp3) is 0.400. The normalized spacial score (nSPS) is 21.9. The summed E-state index contributed by atoms with van der Waals surface area (Å²) in [4.78, 5) is 43.1. The quantitative estimate of drug-likeness (QED) is 0.745. The van der Waals surface area contributed by atoms with Crippen molar-refractivity contribution in [1.82, 2.24) is 19.6 Å². The number of piperazine rings is 1. The van der Waals surface area contributed by atoms with E-state index in [0.29, 0.717) is 42.3 Å². The van der Waals surface area contributed by atoms with Gasteiger partial charge in [0, 0.05) is 43.8 Å². The molecule has 2 aliphatic rings. The molecule has 0 bridgehead atoms. The maximum Gasteiger partial charge on any atom is 0.253 e. The van der Waals surface area contributed by atoms with Crippen LogP contribution in [0.5, 0.6) is 0 Å². The minimum atomic E-state index is -0.621. The van der Waals surface area contributed by atoms with Gasteiger partial charge in [0.15, 0.2) is 0 Å². The molecule has 0 N–H and O–H groups in total. The first-order valence-corrected chi connectivity index (χ1v) is 9.79. The molecule has 2 fully saturated rings. The second-order valence-electron chi connectivity index (χ2n) is 7.67. The summed E-state index contributed by atoms with van der Waals surface area (Å²) in [6.45, 7) is 2.65. The molecule has 9 heteroatoms. The molecular formula is C20H22ClN5O3. The van der Waals surface area contributed by atoms with Crippen LogP contribution in [0.1, 0.15) is 23.7 Å². The third-order valence-electron chi connectivity index (χ3n) is 5.69. The summed E-state index contributed by atoms with van der Waals surface area (Å²) in [6.07, 6.45) is 4.01. The van der Waals surface area contributed by atoms with Crippen LogP contribution in [0.4, 0.5) is 5.69 Å². The molecular weight excluding hydrogens is 394 g/mol. The summed E-state index contributed by atoms with van der Waals surface area (Å²) in [5.74, 6) is -0.447. The van der Waals surface area contributed by atoms with E-state index in [0.717, 1.165) is 0 Å². The highest BCUT2D eigenvalue weighted by Gasteiger charge is 2.51. The molecule has 2 saturated heterocycles. The van der Waals surface area contributed by atoms with Crippen LogP contribution in [0, 0.1) is 0 Å². The summed E-state index contributed by atoms with van der Waals surface area (Å²) >= 11 is 6.03. The summed E-state index contributed by atoms with van der Waals surface area (Å²) in [5, 5.41) is 4.65. The van der Waals surface area contributed by atoms with Gasteiger partial charge in [0.05, 0.1) is 24.0 Å². The number of halogens is 1. The van der Waals surface area contributed by atoms with Gasteiger partial charge in [-0.2, -0.15) is 5.10 Å². The highest BCUT2D eigenvalue weighted by atomic mass is 35.5. The average Bonchev–Trinajstić information content (AvgIpc) is 3.30. The molecule has 1 aromatic carbocycles. The highest BCUT2D eigenvalue weighted by molar-refractivity contribution is 6.30. The van der Waals surface area contributed by atoms with Crippen molar-refractivity contribution in [2.24, 2.45) is 7.05 Å². The number of carbonyl (C=O) groups excluding carboxylic acids is 3. The number of hydrogen-bond acceptors (Lipinski definition) is 4. The van der Waals surface area contributed by atoms with E-state index in [9.17, 15) is 14.4 Å². The van der Waals surface area contributed by atoms with Crippen molar-refractivity contribution < 1.29 is 14.4 Å². The Morgan fingerprint density at radius 1 is 1.24 bits per heavy atom. The molecule has 1 atom stereocenters. The van der Waals surface area contributed by atoms with Crippen LogP contribution in [-0.2, 0) is 16.6 Å². The zero-order valence-corrected chi connectivity index (χ0v) is 17.1. The van der Waals surface area contributed by atoms with Crippen molar-refractivity contribution in [3.63, 3.8) is 0 Å². The number of aryl methyl sites for hydroxylation is 1. The van der Waals surface area contributed by atoms with E-state index >= 15 is 0 Å². The Balaban J connectivity index is 1.62. The second-order valence-corrected chi connectivity index (χ2v) is 8.11. The Morgan fingerprint density at radius 3 is 2.69 bits per heavy atom. The van der Waals surface area contributed by atoms with Crippen LogP contribution in [0.15, 0.2) is 36.7 Å². The Bertz CT molecular complexity index is 990. The topological polar surface area (TPSA) is 78.8 Å². The number of rotatable bonds is 2. The molecule has 4 rings (SSSR count). The molecule has 29 heavy (non-hydrogen) atoms. The lowest BCUT2D eigenvalue weighted by Gasteiger charge is -2.47. The van der Waals surface area contributed by atoms with E-state index < -0.39 is 5.54 Å². The Morgan fingerprint density at radius 2 is 2.03 bits per heavy atom. The van der Waals surface area contributed by atoms with E-state index in [4.69, 9.17) is 11.6 Å². The molecule has 3 heterocycles. The maximum absolute atomic E-state index is 13.0. The zero-order valence-electron chi connectivity index (χ0n) is 16.3. The first-order chi connectivity index (χ1) is 13.8. The number of aromatic nitrogens is 2. The number of hydrogen-bond donors (Lipinski definition) is 0. The lowest BCUT2D eigenvalue weighted by Crippen LogP contribution is -2.67. The largest absolute Gasteiger partial charge is 0.336 e. The van der Waals surface area contributed by atoms with Crippen LogP contribution in [-0.4, -0.2) is 69.0 Å². The molecule has 0 aliphatic carbocycles. The van der Waals surface area contributed by atoms with Gasteiger partial charge in [0.2, 0.25) is 11.8 Å². The van der Waals surface area contributed by atoms with Crippen LogP contribution < -0.4 is 4.90 Å². The minimum absolute atomic E-state index is 0.0105.